The van der Waals surface area contributed by atoms with Gasteiger partial charge in [-0.1, -0.05) is 6.07 Å². The number of phenols is 1. The van der Waals surface area contributed by atoms with E-state index in [1.807, 2.05) is 0 Å². The van der Waals surface area contributed by atoms with Crippen LogP contribution in [0.15, 0.2) is 12.1 Å². The number of benzene rings is 1. The lowest BCUT2D eigenvalue weighted by molar-refractivity contribution is 0.0522. The monoisotopic (exact) mass is 262 g/mol. The summed E-state index contributed by atoms with van der Waals surface area (Å²) in [5.74, 6) is -0.796. The van der Waals surface area contributed by atoms with Crippen molar-refractivity contribution < 1.29 is 14.6 Å². The minimum atomic E-state index is -0.883. The van der Waals surface area contributed by atoms with Gasteiger partial charge in [-0.25, -0.2) is 4.79 Å². The Labute approximate surface area is 104 Å². The van der Waals surface area contributed by atoms with E-state index in [-0.39, 0.29) is 17.9 Å². The fourth-order valence-electron chi connectivity index (χ4n) is 1.41. The Bertz CT molecular complexity index is 402. The number of hydrogen-bond donors (Lipinski definition) is 1. The van der Waals surface area contributed by atoms with Crippen molar-refractivity contribution in [3.05, 3.63) is 28.8 Å². The van der Waals surface area contributed by atoms with E-state index in [1.54, 1.807) is 19.9 Å². The van der Waals surface area contributed by atoms with E-state index in [2.05, 4.69) is 0 Å². The van der Waals surface area contributed by atoms with Crippen LogP contribution in [0, 0.1) is 6.92 Å². The summed E-state index contributed by atoms with van der Waals surface area (Å²) in [5, 5.41) is 9.64. The Balaban J connectivity index is 3.34. The van der Waals surface area contributed by atoms with E-state index < -0.39 is 10.8 Å². The Morgan fingerprint density at radius 2 is 2.12 bits per heavy atom. The van der Waals surface area contributed by atoms with Gasteiger partial charge in [0.15, 0.2) is 0 Å². The lowest BCUT2D eigenvalue weighted by atomic mass is 10.0. The van der Waals surface area contributed by atoms with Crippen molar-refractivity contribution in [2.24, 2.45) is 0 Å². The summed E-state index contributed by atoms with van der Waals surface area (Å²) in [4.78, 5) is 10.8. The van der Waals surface area contributed by atoms with Gasteiger partial charge < -0.3 is 9.84 Å². The third kappa shape index (κ3) is 2.60. The lowest BCUT2D eigenvalue weighted by Crippen LogP contribution is -2.09. The first-order valence-corrected chi connectivity index (χ1v) is 5.64. The SMILES string of the molecule is CCOC(=O)c1c(O)ccc(C)c1C(Cl)Cl. The van der Waals surface area contributed by atoms with Gasteiger partial charge in [0.25, 0.3) is 0 Å². The Morgan fingerprint density at radius 1 is 1.50 bits per heavy atom. The predicted molar refractivity (Wildman–Crippen MR) is 63.2 cm³/mol. The number of carbonyl (C=O) groups excluding carboxylic acids is 1. The van der Waals surface area contributed by atoms with Crippen LogP contribution in [0.3, 0.4) is 0 Å². The normalized spacial score (nSPS) is 10.6. The van der Waals surface area contributed by atoms with Gasteiger partial charge in [-0.05, 0) is 25.5 Å². The maximum Gasteiger partial charge on any atom is 0.342 e. The molecule has 88 valence electrons. The summed E-state index contributed by atoms with van der Waals surface area (Å²) < 4.78 is 4.84. The molecule has 0 radical (unpaired) electrons. The lowest BCUT2D eigenvalue weighted by Gasteiger charge is -2.13. The van der Waals surface area contributed by atoms with Crippen molar-refractivity contribution in [1.29, 1.82) is 0 Å². The van der Waals surface area contributed by atoms with Gasteiger partial charge in [0.1, 0.15) is 16.1 Å². The van der Waals surface area contributed by atoms with Gasteiger partial charge in [0.05, 0.1) is 6.61 Å². The van der Waals surface area contributed by atoms with Crippen LogP contribution >= 0.6 is 23.2 Å². The van der Waals surface area contributed by atoms with E-state index in [1.165, 1.54) is 6.07 Å². The third-order valence-corrected chi connectivity index (χ3v) is 2.58. The van der Waals surface area contributed by atoms with Crippen LogP contribution in [0.2, 0.25) is 0 Å². The number of rotatable bonds is 3. The Morgan fingerprint density at radius 3 is 2.62 bits per heavy atom. The summed E-state index contributed by atoms with van der Waals surface area (Å²) in [6.07, 6.45) is 0. The zero-order chi connectivity index (χ0) is 12.3. The van der Waals surface area contributed by atoms with Crippen LogP contribution in [-0.4, -0.2) is 17.7 Å². The molecular weight excluding hydrogens is 251 g/mol. The highest BCUT2D eigenvalue weighted by Gasteiger charge is 2.23. The van der Waals surface area contributed by atoms with Gasteiger partial charge >= 0.3 is 5.97 Å². The molecule has 0 aromatic heterocycles. The molecule has 1 aromatic rings. The first-order valence-electron chi connectivity index (χ1n) is 4.76. The molecule has 1 N–H and O–H groups in total. The highest BCUT2D eigenvalue weighted by molar-refractivity contribution is 6.44. The van der Waals surface area contributed by atoms with Crippen molar-refractivity contribution in [3.8, 4) is 5.75 Å². The Hall–Kier alpha value is -0.930. The van der Waals surface area contributed by atoms with Crippen LogP contribution in [-0.2, 0) is 4.74 Å². The molecule has 0 heterocycles. The molecule has 0 fully saturated rings. The quantitative estimate of drug-likeness (QED) is 0.671. The molecule has 0 aliphatic rings. The second-order valence-electron chi connectivity index (χ2n) is 3.21. The molecular formula is C11H12Cl2O3. The number of aryl methyl sites for hydroxylation is 1. The fraction of sp³-hybridized carbons (Fsp3) is 0.364. The van der Waals surface area contributed by atoms with Crippen LogP contribution in [0.1, 0.15) is 33.2 Å². The van der Waals surface area contributed by atoms with E-state index >= 15 is 0 Å². The second-order valence-corrected chi connectivity index (χ2v) is 4.31. The van der Waals surface area contributed by atoms with Crippen molar-refractivity contribution in [2.75, 3.05) is 6.61 Å². The first-order chi connectivity index (χ1) is 7.49. The van der Waals surface area contributed by atoms with Gasteiger partial charge in [0, 0.05) is 5.56 Å². The number of alkyl halides is 2. The van der Waals surface area contributed by atoms with Gasteiger partial charge in [0.2, 0.25) is 0 Å². The Kier molecular flexibility index (Phi) is 4.44. The van der Waals surface area contributed by atoms with Crippen molar-refractivity contribution >= 4 is 29.2 Å². The minimum Gasteiger partial charge on any atom is -0.507 e. The average Bonchev–Trinajstić information content (AvgIpc) is 2.20. The summed E-state index contributed by atoms with van der Waals surface area (Å²) >= 11 is 11.6. The summed E-state index contributed by atoms with van der Waals surface area (Å²) in [6, 6.07) is 3.06. The molecule has 0 bridgehead atoms. The average molecular weight is 263 g/mol. The van der Waals surface area contributed by atoms with E-state index in [4.69, 9.17) is 27.9 Å². The highest BCUT2D eigenvalue weighted by Crippen LogP contribution is 2.35. The second kappa shape index (κ2) is 5.41. The van der Waals surface area contributed by atoms with Crippen LogP contribution in [0.5, 0.6) is 5.75 Å². The topological polar surface area (TPSA) is 46.5 Å². The van der Waals surface area contributed by atoms with E-state index in [0.29, 0.717) is 5.56 Å². The zero-order valence-corrected chi connectivity index (χ0v) is 10.5. The van der Waals surface area contributed by atoms with Gasteiger partial charge in [-0.3, -0.25) is 0 Å². The molecule has 0 saturated carbocycles. The molecule has 0 spiro atoms. The van der Waals surface area contributed by atoms with Crippen molar-refractivity contribution in [1.82, 2.24) is 0 Å². The van der Waals surface area contributed by atoms with Gasteiger partial charge in [-0.2, -0.15) is 0 Å². The number of carbonyl (C=O) groups is 1. The molecule has 5 heteroatoms. The fourth-order valence-corrected chi connectivity index (χ4v) is 1.97. The molecule has 16 heavy (non-hydrogen) atoms. The van der Waals surface area contributed by atoms with E-state index in [0.717, 1.165) is 5.56 Å². The molecule has 0 atom stereocenters. The summed E-state index contributed by atoms with van der Waals surface area (Å²) in [6.45, 7) is 3.67. The molecule has 0 aliphatic carbocycles. The van der Waals surface area contributed by atoms with Crippen molar-refractivity contribution in [2.45, 2.75) is 18.7 Å². The number of phenolic OH excluding ortho intramolecular Hbond substituents is 1. The molecule has 0 amide bonds. The number of esters is 1. The number of hydrogen-bond acceptors (Lipinski definition) is 3. The largest absolute Gasteiger partial charge is 0.507 e. The van der Waals surface area contributed by atoms with Crippen LogP contribution in [0.25, 0.3) is 0 Å². The maximum atomic E-state index is 11.6. The van der Waals surface area contributed by atoms with E-state index in [9.17, 15) is 9.90 Å². The summed E-state index contributed by atoms with van der Waals surface area (Å²) in [7, 11) is 0. The molecule has 1 rings (SSSR count). The predicted octanol–water partition coefficient (Wildman–Crippen LogP) is 3.35. The molecule has 0 saturated heterocycles. The molecule has 0 unspecified atom stereocenters. The first kappa shape index (κ1) is 13.1. The van der Waals surface area contributed by atoms with Crippen molar-refractivity contribution in [3.63, 3.8) is 0 Å². The van der Waals surface area contributed by atoms with Crippen LogP contribution < -0.4 is 0 Å². The number of aromatic hydroxyl groups is 1. The van der Waals surface area contributed by atoms with Gasteiger partial charge in [-0.15, -0.1) is 23.2 Å². The van der Waals surface area contributed by atoms with Crippen LogP contribution in [0.4, 0.5) is 0 Å². The number of ether oxygens (including phenoxy) is 1. The third-order valence-electron chi connectivity index (χ3n) is 2.14. The molecule has 0 aliphatic heterocycles. The standard InChI is InChI=1S/C11H12Cl2O3/c1-3-16-11(15)9-7(14)5-4-6(2)8(9)10(12)13/h4-5,10,14H,3H2,1-2H3. The highest BCUT2D eigenvalue weighted by atomic mass is 35.5. The molecule has 3 nitrogen and oxygen atoms in total. The summed E-state index contributed by atoms with van der Waals surface area (Å²) in [5.41, 5.74) is 1.16. The minimum absolute atomic E-state index is 0.0388. The smallest absolute Gasteiger partial charge is 0.342 e. The maximum absolute atomic E-state index is 11.6. The molecule has 1 aromatic carbocycles. The number of halogens is 2. The zero-order valence-electron chi connectivity index (χ0n) is 8.96.